The van der Waals surface area contributed by atoms with Crippen LogP contribution in [0.25, 0.3) is 11.0 Å². The van der Waals surface area contributed by atoms with Gasteiger partial charge in [-0.25, -0.2) is 4.98 Å². The van der Waals surface area contributed by atoms with E-state index in [1.54, 1.807) is 36.3 Å². The van der Waals surface area contributed by atoms with Gasteiger partial charge < -0.3 is 10.2 Å². The minimum atomic E-state index is -0.101. The molecule has 0 spiro atoms. The highest BCUT2D eigenvalue weighted by molar-refractivity contribution is 6.31. The minimum absolute atomic E-state index is 0.0638. The van der Waals surface area contributed by atoms with E-state index < -0.39 is 0 Å². The van der Waals surface area contributed by atoms with E-state index in [1.807, 2.05) is 12.1 Å². The van der Waals surface area contributed by atoms with Crippen molar-refractivity contribution in [2.45, 2.75) is 18.9 Å². The number of fused-ring (bicyclic) bond motifs is 1. The van der Waals surface area contributed by atoms with Gasteiger partial charge in [-0.15, -0.1) is 0 Å². The molecule has 1 aliphatic rings. The number of piperidine rings is 1. The van der Waals surface area contributed by atoms with E-state index in [4.69, 9.17) is 16.6 Å². The number of halogens is 1. The second-order valence-corrected chi connectivity index (χ2v) is 6.90. The van der Waals surface area contributed by atoms with E-state index in [0.717, 1.165) is 36.2 Å². The number of nitrogens with one attached hydrogen (secondary N) is 1. The van der Waals surface area contributed by atoms with Gasteiger partial charge in [0.2, 0.25) is 0 Å². The fourth-order valence-electron chi connectivity index (χ4n) is 3.29. The van der Waals surface area contributed by atoms with E-state index in [-0.39, 0.29) is 11.9 Å². The summed E-state index contributed by atoms with van der Waals surface area (Å²) in [6.45, 7) is 1.60. The van der Waals surface area contributed by atoms with Gasteiger partial charge in [0.1, 0.15) is 11.5 Å². The molecule has 0 radical (unpaired) electrons. The lowest BCUT2D eigenvalue weighted by atomic mass is 10.1. The van der Waals surface area contributed by atoms with Crippen LogP contribution in [0.4, 0.5) is 5.82 Å². The van der Waals surface area contributed by atoms with Crippen LogP contribution < -0.4 is 10.2 Å². The zero-order valence-corrected chi connectivity index (χ0v) is 15.1. The van der Waals surface area contributed by atoms with Gasteiger partial charge in [-0.3, -0.25) is 14.5 Å². The van der Waals surface area contributed by atoms with Crippen LogP contribution in [0.5, 0.6) is 0 Å². The van der Waals surface area contributed by atoms with Crippen LogP contribution in [-0.4, -0.2) is 44.8 Å². The van der Waals surface area contributed by atoms with E-state index in [0.29, 0.717) is 17.3 Å². The Bertz CT molecular complexity index is 956. The third kappa shape index (κ3) is 3.35. The highest BCUT2D eigenvalue weighted by Gasteiger charge is 2.24. The van der Waals surface area contributed by atoms with Crippen LogP contribution >= 0.6 is 11.6 Å². The van der Waals surface area contributed by atoms with Crippen LogP contribution in [0, 0.1) is 0 Å². The molecule has 1 aromatic carbocycles. The van der Waals surface area contributed by atoms with E-state index in [9.17, 15) is 4.79 Å². The first kappa shape index (κ1) is 16.8. The Labute approximate surface area is 156 Å². The molecule has 0 bridgehead atoms. The standard InChI is InChI=1S/C18H19ClN6O/c1-24-16(6-7-21-24)18(26)22-13-3-2-8-25(11-13)17-10-20-15-9-12(19)4-5-14(15)23-17/h4-7,9-10,13H,2-3,8,11H2,1H3,(H,22,26). The second-order valence-electron chi connectivity index (χ2n) is 6.46. The van der Waals surface area contributed by atoms with Gasteiger partial charge in [0.15, 0.2) is 0 Å². The molecule has 0 aliphatic carbocycles. The molecule has 1 aliphatic heterocycles. The van der Waals surface area contributed by atoms with Crippen molar-refractivity contribution in [3.8, 4) is 0 Å². The molecule has 3 aromatic rings. The fourth-order valence-corrected chi connectivity index (χ4v) is 3.45. The maximum absolute atomic E-state index is 12.4. The third-order valence-corrected chi connectivity index (χ3v) is 4.86. The number of carbonyl (C=O) groups is 1. The minimum Gasteiger partial charge on any atom is -0.353 e. The van der Waals surface area contributed by atoms with Gasteiger partial charge in [-0.1, -0.05) is 11.6 Å². The smallest absolute Gasteiger partial charge is 0.269 e. The molecule has 1 unspecified atom stereocenters. The molecule has 7 nitrogen and oxygen atoms in total. The first-order valence-electron chi connectivity index (χ1n) is 8.56. The first-order chi connectivity index (χ1) is 12.6. The van der Waals surface area contributed by atoms with E-state index in [1.165, 1.54) is 0 Å². The summed E-state index contributed by atoms with van der Waals surface area (Å²) in [5, 5.41) is 7.79. The zero-order chi connectivity index (χ0) is 18.1. The van der Waals surface area contributed by atoms with Crippen LogP contribution in [-0.2, 0) is 7.05 Å². The molecule has 1 N–H and O–H groups in total. The Hall–Kier alpha value is -2.67. The van der Waals surface area contributed by atoms with Crippen molar-refractivity contribution in [1.29, 1.82) is 0 Å². The van der Waals surface area contributed by atoms with E-state index >= 15 is 0 Å². The predicted molar refractivity (Wildman–Crippen MR) is 100 cm³/mol. The Morgan fingerprint density at radius 2 is 2.19 bits per heavy atom. The number of aryl methyl sites for hydroxylation is 1. The van der Waals surface area contributed by atoms with Crippen molar-refractivity contribution < 1.29 is 4.79 Å². The summed E-state index contributed by atoms with van der Waals surface area (Å²) in [6, 6.07) is 7.28. The predicted octanol–water partition coefficient (Wildman–Crippen LogP) is 2.42. The van der Waals surface area contributed by atoms with Gasteiger partial charge in [-0.2, -0.15) is 5.10 Å². The van der Waals surface area contributed by atoms with Gasteiger partial charge in [0.25, 0.3) is 5.91 Å². The maximum Gasteiger partial charge on any atom is 0.269 e. The second kappa shape index (κ2) is 6.92. The van der Waals surface area contributed by atoms with Crippen molar-refractivity contribution in [1.82, 2.24) is 25.1 Å². The molecule has 1 fully saturated rings. The zero-order valence-electron chi connectivity index (χ0n) is 14.4. The fraction of sp³-hybridized carbons (Fsp3) is 0.333. The molecule has 3 heterocycles. The number of aromatic nitrogens is 4. The number of anilines is 1. The quantitative estimate of drug-likeness (QED) is 0.766. The van der Waals surface area contributed by atoms with Crippen molar-refractivity contribution in [3.05, 3.63) is 47.4 Å². The normalized spacial score (nSPS) is 17.5. The number of rotatable bonds is 3. The number of benzene rings is 1. The maximum atomic E-state index is 12.4. The highest BCUT2D eigenvalue weighted by Crippen LogP contribution is 2.22. The molecule has 0 saturated carbocycles. The van der Waals surface area contributed by atoms with Crippen molar-refractivity contribution in [2.75, 3.05) is 18.0 Å². The van der Waals surface area contributed by atoms with E-state index in [2.05, 4.69) is 20.3 Å². The van der Waals surface area contributed by atoms with Crippen LogP contribution in [0.1, 0.15) is 23.3 Å². The van der Waals surface area contributed by atoms with Gasteiger partial charge >= 0.3 is 0 Å². The van der Waals surface area contributed by atoms with Crippen molar-refractivity contribution in [3.63, 3.8) is 0 Å². The van der Waals surface area contributed by atoms with Gasteiger partial charge in [-0.05, 0) is 37.1 Å². The Morgan fingerprint density at radius 1 is 1.31 bits per heavy atom. The molecule has 1 saturated heterocycles. The lowest BCUT2D eigenvalue weighted by Gasteiger charge is -2.33. The molecule has 8 heteroatoms. The Kier molecular flexibility index (Phi) is 4.46. The molecular formula is C18H19ClN6O. The summed E-state index contributed by atoms with van der Waals surface area (Å²) in [4.78, 5) is 23.7. The Balaban J connectivity index is 1.49. The lowest BCUT2D eigenvalue weighted by Crippen LogP contribution is -2.48. The summed E-state index contributed by atoms with van der Waals surface area (Å²) < 4.78 is 1.58. The Morgan fingerprint density at radius 3 is 3.00 bits per heavy atom. The van der Waals surface area contributed by atoms with Crippen LogP contribution in [0.15, 0.2) is 36.7 Å². The molecule has 4 rings (SSSR count). The molecule has 1 atom stereocenters. The largest absolute Gasteiger partial charge is 0.353 e. The SMILES string of the molecule is Cn1nccc1C(=O)NC1CCCN(c2cnc3cc(Cl)ccc3n2)C1. The lowest BCUT2D eigenvalue weighted by molar-refractivity contribution is 0.0923. The molecule has 1 amide bonds. The summed E-state index contributed by atoms with van der Waals surface area (Å²) in [6.07, 6.45) is 5.32. The molecule has 2 aromatic heterocycles. The van der Waals surface area contributed by atoms with Crippen molar-refractivity contribution in [2.24, 2.45) is 7.05 Å². The monoisotopic (exact) mass is 370 g/mol. The van der Waals surface area contributed by atoms with Crippen LogP contribution in [0.2, 0.25) is 5.02 Å². The molecule has 26 heavy (non-hydrogen) atoms. The molecule has 134 valence electrons. The van der Waals surface area contributed by atoms with Crippen molar-refractivity contribution >= 4 is 34.4 Å². The van der Waals surface area contributed by atoms with Gasteiger partial charge in [0, 0.05) is 37.4 Å². The number of amides is 1. The summed E-state index contributed by atoms with van der Waals surface area (Å²) in [7, 11) is 1.76. The number of hydrogen-bond acceptors (Lipinski definition) is 5. The molecular weight excluding hydrogens is 352 g/mol. The average molecular weight is 371 g/mol. The third-order valence-electron chi connectivity index (χ3n) is 4.63. The highest BCUT2D eigenvalue weighted by atomic mass is 35.5. The summed E-state index contributed by atoms with van der Waals surface area (Å²) in [5.74, 6) is 0.718. The summed E-state index contributed by atoms with van der Waals surface area (Å²) in [5.41, 5.74) is 2.15. The number of hydrogen-bond donors (Lipinski definition) is 1. The first-order valence-corrected chi connectivity index (χ1v) is 8.94. The number of carbonyl (C=O) groups excluding carboxylic acids is 1. The van der Waals surface area contributed by atoms with Crippen LogP contribution in [0.3, 0.4) is 0 Å². The number of nitrogens with zero attached hydrogens (tertiary/aromatic N) is 5. The van der Waals surface area contributed by atoms with Gasteiger partial charge in [0.05, 0.1) is 17.2 Å². The topological polar surface area (TPSA) is 75.9 Å². The summed E-state index contributed by atoms with van der Waals surface area (Å²) >= 11 is 6.00. The average Bonchev–Trinajstić information content (AvgIpc) is 3.07.